The predicted molar refractivity (Wildman–Crippen MR) is 63.4 cm³/mol. The molecule has 1 nitrogen and oxygen atoms in total. The van der Waals surface area contributed by atoms with E-state index < -0.39 is 0 Å². The van der Waals surface area contributed by atoms with Crippen molar-refractivity contribution in [2.75, 3.05) is 0 Å². The quantitative estimate of drug-likeness (QED) is 0.817. The fourth-order valence-corrected chi connectivity index (χ4v) is 2.82. The Hall–Kier alpha value is -0.340. The van der Waals surface area contributed by atoms with E-state index in [-0.39, 0.29) is 6.04 Å². The van der Waals surface area contributed by atoms with Crippen LogP contribution >= 0.6 is 15.9 Å². The fourth-order valence-electron chi connectivity index (χ4n) is 2.10. The maximum atomic E-state index is 5.89. The summed E-state index contributed by atoms with van der Waals surface area (Å²) >= 11 is 3.65. The Morgan fingerprint density at radius 3 is 2.71 bits per heavy atom. The minimum absolute atomic E-state index is 0.138. The topological polar surface area (TPSA) is 26.0 Å². The monoisotopic (exact) mass is 253 g/mol. The predicted octanol–water partition coefficient (Wildman–Crippen LogP) is 3.35. The molecule has 1 aliphatic rings. The molecular weight excluding hydrogens is 238 g/mol. The molecule has 1 aliphatic carbocycles. The zero-order valence-electron chi connectivity index (χ0n) is 8.52. The second-order valence-corrected chi connectivity index (χ2v) is 4.99. The summed E-state index contributed by atoms with van der Waals surface area (Å²) in [5.74, 6) is 0. The molecule has 0 radical (unpaired) electrons. The van der Waals surface area contributed by atoms with E-state index in [2.05, 4.69) is 28.1 Å². The van der Waals surface area contributed by atoms with Gasteiger partial charge in [0.25, 0.3) is 0 Å². The van der Waals surface area contributed by atoms with Gasteiger partial charge in [0.05, 0.1) is 0 Å². The summed E-state index contributed by atoms with van der Waals surface area (Å²) in [6, 6.07) is 4.59. The Morgan fingerprint density at radius 1 is 1.29 bits per heavy atom. The normalized spacial score (nSPS) is 17.6. The summed E-state index contributed by atoms with van der Waals surface area (Å²) < 4.78 is 1.25. The number of aryl methyl sites for hydroxylation is 1. The lowest BCUT2D eigenvalue weighted by atomic mass is 9.89. The van der Waals surface area contributed by atoms with Crippen molar-refractivity contribution in [3.05, 3.63) is 33.3 Å². The molecule has 0 heterocycles. The van der Waals surface area contributed by atoms with Gasteiger partial charge in [0, 0.05) is 10.5 Å². The third-order valence-corrected chi connectivity index (χ3v) is 3.67. The van der Waals surface area contributed by atoms with E-state index in [4.69, 9.17) is 5.73 Å². The Labute approximate surface area is 93.8 Å². The number of benzene rings is 1. The van der Waals surface area contributed by atoms with E-state index in [9.17, 15) is 0 Å². The number of fused-ring (bicyclic) bond motifs is 1. The summed E-state index contributed by atoms with van der Waals surface area (Å²) in [5.41, 5.74) is 10.1. The molecule has 2 heteroatoms. The molecule has 0 spiro atoms. The van der Waals surface area contributed by atoms with Crippen LogP contribution in [0.15, 0.2) is 16.6 Å². The first-order valence-electron chi connectivity index (χ1n) is 5.25. The highest BCUT2D eigenvalue weighted by Crippen LogP contribution is 2.30. The van der Waals surface area contributed by atoms with Crippen LogP contribution in [0.1, 0.15) is 42.5 Å². The van der Waals surface area contributed by atoms with Gasteiger partial charge in [-0.25, -0.2) is 0 Å². The lowest BCUT2D eigenvalue weighted by Gasteiger charge is -2.19. The first-order valence-corrected chi connectivity index (χ1v) is 6.04. The van der Waals surface area contributed by atoms with Crippen LogP contribution < -0.4 is 5.73 Å². The van der Waals surface area contributed by atoms with Crippen LogP contribution in [0.25, 0.3) is 0 Å². The molecule has 0 aliphatic heterocycles. The Morgan fingerprint density at radius 2 is 2.00 bits per heavy atom. The minimum Gasteiger partial charge on any atom is -0.324 e. The molecule has 76 valence electrons. The molecule has 0 fully saturated rings. The lowest BCUT2D eigenvalue weighted by Crippen LogP contribution is -2.09. The van der Waals surface area contributed by atoms with Crippen molar-refractivity contribution in [1.82, 2.24) is 0 Å². The highest BCUT2D eigenvalue weighted by Gasteiger charge is 2.14. The number of hydrogen-bond donors (Lipinski definition) is 1. The SMILES string of the molecule is C[C@@H](N)c1cc(Br)c2c(c1)CCCC2. The molecule has 1 atom stereocenters. The lowest BCUT2D eigenvalue weighted by molar-refractivity contribution is 0.679. The molecule has 2 rings (SSSR count). The van der Waals surface area contributed by atoms with Gasteiger partial charge in [-0.15, -0.1) is 0 Å². The van der Waals surface area contributed by atoms with Crippen molar-refractivity contribution < 1.29 is 0 Å². The molecule has 1 aromatic carbocycles. The van der Waals surface area contributed by atoms with Crippen LogP contribution in [0.3, 0.4) is 0 Å². The second-order valence-electron chi connectivity index (χ2n) is 4.14. The van der Waals surface area contributed by atoms with Crippen LogP contribution in [0.4, 0.5) is 0 Å². The van der Waals surface area contributed by atoms with Crippen LogP contribution in [-0.4, -0.2) is 0 Å². The van der Waals surface area contributed by atoms with Crippen LogP contribution in [0.2, 0.25) is 0 Å². The molecular formula is C12H16BrN. The van der Waals surface area contributed by atoms with E-state index in [1.54, 1.807) is 0 Å². The standard InChI is InChI=1S/C12H16BrN/c1-8(14)10-6-9-4-2-3-5-11(9)12(13)7-10/h6-8H,2-5,14H2,1H3/t8-/m1/s1. The molecule has 2 N–H and O–H groups in total. The fraction of sp³-hybridized carbons (Fsp3) is 0.500. The minimum atomic E-state index is 0.138. The smallest absolute Gasteiger partial charge is 0.0266 e. The molecule has 0 aromatic heterocycles. The third-order valence-electron chi connectivity index (χ3n) is 2.96. The van der Waals surface area contributed by atoms with Crippen LogP contribution in [0.5, 0.6) is 0 Å². The van der Waals surface area contributed by atoms with Gasteiger partial charge in [-0.3, -0.25) is 0 Å². The number of halogens is 1. The van der Waals surface area contributed by atoms with Crippen LogP contribution in [0, 0.1) is 0 Å². The van der Waals surface area contributed by atoms with Gasteiger partial charge < -0.3 is 5.73 Å². The van der Waals surface area contributed by atoms with Crippen molar-refractivity contribution in [2.24, 2.45) is 5.73 Å². The highest BCUT2D eigenvalue weighted by atomic mass is 79.9. The number of hydrogen-bond acceptors (Lipinski definition) is 1. The Balaban J connectivity index is 2.46. The average Bonchev–Trinajstić information content (AvgIpc) is 2.17. The molecule has 14 heavy (non-hydrogen) atoms. The summed E-state index contributed by atoms with van der Waals surface area (Å²) in [7, 11) is 0. The van der Waals surface area contributed by atoms with E-state index in [0.29, 0.717) is 0 Å². The number of rotatable bonds is 1. The van der Waals surface area contributed by atoms with Gasteiger partial charge in [-0.1, -0.05) is 22.0 Å². The molecule has 0 amide bonds. The van der Waals surface area contributed by atoms with Crippen molar-refractivity contribution >= 4 is 15.9 Å². The molecule has 0 bridgehead atoms. The molecule has 0 saturated carbocycles. The van der Waals surface area contributed by atoms with Gasteiger partial charge in [0.15, 0.2) is 0 Å². The van der Waals surface area contributed by atoms with Crippen molar-refractivity contribution in [2.45, 2.75) is 38.6 Å². The van der Waals surface area contributed by atoms with Gasteiger partial charge in [0.2, 0.25) is 0 Å². The van der Waals surface area contributed by atoms with Gasteiger partial charge in [0.1, 0.15) is 0 Å². The summed E-state index contributed by atoms with van der Waals surface area (Å²) in [4.78, 5) is 0. The largest absolute Gasteiger partial charge is 0.324 e. The van der Waals surface area contributed by atoms with E-state index >= 15 is 0 Å². The van der Waals surface area contributed by atoms with Crippen LogP contribution in [-0.2, 0) is 12.8 Å². The summed E-state index contributed by atoms with van der Waals surface area (Å²) in [6.45, 7) is 2.04. The first-order chi connectivity index (χ1) is 6.68. The van der Waals surface area contributed by atoms with E-state index in [0.717, 1.165) is 0 Å². The highest BCUT2D eigenvalue weighted by molar-refractivity contribution is 9.10. The molecule has 0 unspecified atom stereocenters. The number of nitrogens with two attached hydrogens (primary N) is 1. The zero-order valence-corrected chi connectivity index (χ0v) is 10.1. The van der Waals surface area contributed by atoms with Gasteiger partial charge in [-0.2, -0.15) is 0 Å². The van der Waals surface area contributed by atoms with E-state index in [1.807, 2.05) is 6.92 Å². The average molecular weight is 254 g/mol. The Kier molecular flexibility index (Phi) is 2.93. The third kappa shape index (κ3) is 1.86. The maximum absolute atomic E-state index is 5.89. The molecule has 0 saturated heterocycles. The van der Waals surface area contributed by atoms with Crippen molar-refractivity contribution in [3.63, 3.8) is 0 Å². The second kappa shape index (κ2) is 4.03. The summed E-state index contributed by atoms with van der Waals surface area (Å²) in [5, 5.41) is 0. The van der Waals surface area contributed by atoms with E-state index in [1.165, 1.54) is 46.8 Å². The Bertz CT molecular complexity index is 344. The first kappa shape index (κ1) is 10.2. The van der Waals surface area contributed by atoms with Crippen molar-refractivity contribution in [3.8, 4) is 0 Å². The van der Waals surface area contributed by atoms with Gasteiger partial charge in [-0.05, 0) is 55.4 Å². The van der Waals surface area contributed by atoms with Gasteiger partial charge >= 0.3 is 0 Å². The maximum Gasteiger partial charge on any atom is 0.0266 e. The van der Waals surface area contributed by atoms with Crippen molar-refractivity contribution in [1.29, 1.82) is 0 Å². The zero-order chi connectivity index (χ0) is 10.1. The molecule has 1 aromatic rings. The summed E-state index contributed by atoms with van der Waals surface area (Å²) in [6.07, 6.45) is 5.08.